The molecule has 23 heavy (non-hydrogen) atoms. The molecule has 1 aromatic carbocycles. The lowest BCUT2D eigenvalue weighted by Gasteiger charge is -2.08. The summed E-state index contributed by atoms with van der Waals surface area (Å²) < 4.78 is 2.76. The molecule has 3 aromatic rings. The van der Waals surface area contributed by atoms with Crippen LogP contribution >= 0.6 is 15.9 Å². The fourth-order valence-electron chi connectivity index (χ4n) is 2.63. The van der Waals surface area contributed by atoms with Crippen LogP contribution < -0.4 is 5.32 Å². The fourth-order valence-corrected chi connectivity index (χ4v) is 2.97. The first-order valence-electron chi connectivity index (χ1n) is 7.63. The van der Waals surface area contributed by atoms with Gasteiger partial charge in [-0.3, -0.25) is 9.20 Å². The highest BCUT2D eigenvalue weighted by molar-refractivity contribution is 9.10. The molecule has 1 amide bonds. The first-order chi connectivity index (χ1) is 11.1. The van der Waals surface area contributed by atoms with Crippen LogP contribution in [0.15, 0.2) is 47.1 Å². The Morgan fingerprint density at radius 2 is 2.13 bits per heavy atom. The van der Waals surface area contributed by atoms with Crippen molar-refractivity contribution < 1.29 is 4.79 Å². The Morgan fingerprint density at radius 3 is 2.87 bits per heavy atom. The number of halogens is 1. The molecule has 4 nitrogen and oxygen atoms in total. The number of pyridine rings is 1. The number of imidazole rings is 1. The zero-order chi connectivity index (χ0) is 16.4. The second-order valence-electron chi connectivity index (χ2n) is 5.56. The van der Waals surface area contributed by atoms with E-state index in [2.05, 4.69) is 33.2 Å². The summed E-state index contributed by atoms with van der Waals surface area (Å²) in [4.78, 5) is 17.4. The van der Waals surface area contributed by atoms with E-state index in [1.165, 1.54) is 0 Å². The summed E-state index contributed by atoms with van der Waals surface area (Å²) >= 11 is 3.46. The van der Waals surface area contributed by atoms with E-state index in [0.717, 1.165) is 39.9 Å². The van der Waals surface area contributed by atoms with Gasteiger partial charge >= 0.3 is 0 Å². The molecule has 0 bridgehead atoms. The quantitative estimate of drug-likeness (QED) is 0.727. The molecule has 0 atom stereocenters. The van der Waals surface area contributed by atoms with Crippen LogP contribution in [0.25, 0.3) is 5.65 Å². The Labute approximate surface area is 143 Å². The monoisotopic (exact) mass is 371 g/mol. The van der Waals surface area contributed by atoms with Crippen molar-refractivity contribution in [3.05, 3.63) is 64.0 Å². The molecule has 1 N–H and O–H groups in total. The number of carbonyl (C=O) groups excluding carboxylic acids is 1. The summed E-state index contributed by atoms with van der Waals surface area (Å²) in [5, 5.41) is 2.98. The molecule has 0 radical (unpaired) electrons. The molecule has 0 spiro atoms. The number of hydrogen-bond acceptors (Lipinski definition) is 2. The van der Waals surface area contributed by atoms with Gasteiger partial charge in [0.05, 0.1) is 5.69 Å². The maximum Gasteiger partial charge on any atom is 0.274 e. The highest BCUT2D eigenvalue weighted by atomic mass is 79.9. The first kappa shape index (κ1) is 15.7. The predicted molar refractivity (Wildman–Crippen MR) is 96.0 cm³/mol. The average molecular weight is 372 g/mol. The summed E-state index contributed by atoms with van der Waals surface area (Å²) in [5.74, 6) is -0.135. The lowest BCUT2D eigenvalue weighted by atomic mass is 10.2. The second-order valence-corrected chi connectivity index (χ2v) is 6.47. The number of benzene rings is 1. The molecule has 3 rings (SSSR count). The van der Waals surface area contributed by atoms with E-state index >= 15 is 0 Å². The maximum absolute atomic E-state index is 12.8. The van der Waals surface area contributed by atoms with Crippen LogP contribution in [0.1, 0.15) is 35.1 Å². The number of hydrogen-bond donors (Lipinski definition) is 1. The van der Waals surface area contributed by atoms with Gasteiger partial charge in [-0.15, -0.1) is 0 Å². The van der Waals surface area contributed by atoms with Gasteiger partial charge in [0.15, 0.2) is 0 Å². The SMILES string of the molecule is CCCc1nc2ccc(Br)cn2c1C(=O)Nc1cccc(C)c1. The Balaban J connectivity index is 2.04. The Bertz CT molecular complexity index is 870. The van der Waals surface area contributed by atoms with Gasteiger partial charge in [0, 0.05) is 16.4 Å². The van der Waals surface area contributed by atoms with Crippen LogP contribution in [-0.4, -0.2) is 15.3 Å². The summed E-state index contributed by atoms with van der Waals surface area (Å²) in [6, 6.07) is 11.6. The van der Waals surface area contributed by atoms with E-state index in [1.54, 1.807) is 0 Å². The highest BCUT2D eigenvalue weighted by Gasteiger charge is 2.19. The van der Waals surface area contributed by atoms with Gasteiger partial charge in [-0.25, -0.2) is 4.98 Å². The number of amides is 1. The number of aryl methyl sites for hydroxylation is 2. The molecule has 2 aromatic heterocycles. The molecule has 0 saturated carbocycles. The third-order valence-electron chi connectivity index (χ3n) is 3.63. The van der Waals surface area contributed by atoms with Gasteiger partial charge in [0.2, 0.25) is 0 Å². The minimum Gasteiger partial charge on any atom is -0.321 e. The number of nitrogens with one attached hydrogen (secondary N) is 1. The number of aromatic nitrogens is 2. The third kappa shape index (κ3) is 3.29. The van der Waals surface area contributed by atoms with Crippen molar-refractivity contribution in [1.29, 1.82) is 0 Å². The van der Waals surface area contributed by atoms with E-state index in [9.17, 15) is 4.79 Å². The molecule has 0 fully saturated rings. The molecular weight excluding hydrogens is 354 g/mol. The number of nitrogens with zero attached hydrogens (tertiary/aromatic N) is 2. The van der Waals surface area contributed by atoms with E-state index in [4.69, 9.17) is 0 Å². The largest absolute Gasteiger partial charge is 0.321 e. The van der Waals surface area contributed by atoms with Gasteiger partial charge in [0.25, 0.3) is 5.91 Å². The normalized spacial score (nSPS) is 10.9. The van der Waals surface area contributed by atoms with Crippen LogP contribution in [0.3, 0.4) is 0 Å². The number of anilines is 1. The van der Waals surface area contributed by atoms with Gasteiger partial charge in [-0.1, -0.05) is 25.5 Å². The molecule has 0 aliphatic rings. The second kappa shape index (κ2) is 6.54. The summed E-state index contributed by atoms with van der Waals surface area (Å²) in [6.45, 7) is 4.09. The van der Waals surface area contributed by atoms with Crippen LogP contribution in [0.4, 0.5) is 5.69 Å². The topological polar surface area (TPSA) is 46.4 Å². The van der Waals surface area contributed by atoms with Crippen molar-refractivity contribution in [2.24, 2.45) is 0 Å². The van der Waals surface area contributed by atoms with Crippen molar-refractivity contribution in [3.8, 4) is 0 Å². The van der Waals surface area contributed by atoms with Gasteiger partial charge in [0.1, 0.15) is 11.3 Å². The van der Waals surface area contributed by atoms with Crippen molar-refractivity contribution in [2.45, 2.75) is 26.7 Å². The van der Waals surface area contributed by atoms with E-state index < -0.39 is 0 Å². The van der Waals surface area contributed by atoms with Crippen LogP contribution in [0.2, 0.25) is 0 Å². The van der Waals surface area contributed by atoms with E-state index in [1.807, 2.05) is 53.9 Å². The maximum atomic E-state index is 12.8. The standard InChI is InChI=1S/C18H18BrN3O/c1-3-5-15-17(22-11-13(19)8-9-16(22)21-15)18(23)20-14-7-4-6-12(2)10-14/h4,6-11H,3,5H2,1-2H3,(H,20,23). The number of fused-ring (bicyclic) bond motifs is 1. The van der Waals surface area contributed by atoms with Crippen LogP contribution in [-0.2, 0) is 6.42 Å². The molecule has 0 saturated heterocycles. The molecule has 2 heterocycles. The van der Waals surface area contributed by atoms with Crippen LogP contribution in [0, 0.1) is 6.92 Å². The minimum absolute atomic E-state index is 0.135. The molecule has 0 unspecified atom stereocenters. The van der Waals surface area contributed by atoms with Gasteiger partial charge in [-0.2, -0.15) is 0 Å². The van der Waals surface area contributed by atoms with Crippen molar-refractivity contribution in [2.75, 3.05) is 5.32 Å². The summed E-state index contributed by atoms with van der Waals surface area (Å²) in [5.41, 5.74) is 4.12. The highest BCUT2D eigenvalue weighted by Crippen LogP contribution is 2.20. The molecular formula is C18H18BrN3O. The molecule has 0 aliphatic carbocycles. The zero-order valence-corrected chi connectivity index (χ0v) is 14.7. The lowest BCUT2D eigenvalue weighted by Crippen LogP contribution is -2.16. The number of rotatable bonds is 4. The third-order valence-corrected chi connectivity index (χ3v) is 4.10. The van der Waals surface area contributed by atoms with Crippen molar-refractivity contribution in [3.63, 3.8) is 0 Å². The van der Waals surface area contributed by atoms with Crippen molar-refractivity contribution in [1.82, 2.24) is 9.38 Å². The Hall–Kier alpha value is -2.14. The Morgan fingerprint density at radius 1 is 1.30 bits per heavy atom. The summed E-state index contributed by atoms with van der Waals surface area (Å²) in [7, 11) is 0. The molecule has 5 heteroatoms. The van der Waals surface area contributed by atoms with E-state index in [0.29, 0.717) is 5.69 Å². The smallest absolute Gasteiger partial charge is 0.274 e. The fraction of sp³-hybridized carbons (Fsp3) is 0.222. The zero-order valence-electron chi connectivity index (χ0n) is 13.1. The lowest BCUT2D eigenvalue weighted by molar-refractivity contribution is 0.102. The van der Waals surface area contributed by atoms with Crippen LogP contribution in [0.5, 0.6) is 0 Å². The minimum atomic E-state index is -0.135. The Kier molecular flexibility index (Phi) is 4.48. The average Bonchev–Trinajstić information content (AvgIpc) is 2.85. The number of carbonyl (C=O) groups is 1. The molecule has 118 valence electrons. The van der Waals surface area contributed by atoms with Gasteiger partial charge in [-0.05, 0) is 59.1 Å². The first-order valence-corrected chi connectivity index (χ1v) is 8.42. The van der Waals surface area contributed by atoms with Gasteiger partial charge < -0.3 is 5.32 Å². The predicted octanol–water partition coefficient (Wildman–Crippen LogP) is 4.61. The van der Waals surface area contributed by atoms with Crippen molar-refractivity contribution >= 4 is 33.2 Å². The summed E-state index contributed by atoms with van der Waals surface area (Å²) in [6.07, 6.45) is 3.60. The molecule has 0 aliphatic heterocycles. The van der Waals surface area contributed by atoms with E-state index in [-0.39, 0.29) is 5.91 Å².